The summed E-state index contributed by atoms with van der Waals surface area (Å²) in [6.45, 7) is -0.136. The third-order valence-corrected chi connectivity index (χ3v) is 5.09. The SMILES string of the molecule is O=C(Nc1ccc(F)c(F)c1)c1cc(S(=O)(=O)NCc2ccco2)ccc1F. The first-order valence-corrected chi connectivity index (χ1v) is 9.32. The first-order chi connectivity index (χ1) is 13.3. The fraction of sp³-hybridized carbons (Fsp3) is 0.0556. The summed E-state index contributed by atoms with van der Waals surface area (Å²) in [4.78, 5) is 11.9. The van der Waals surface area contributed by atoms with Crippen LogP contribution in [0, 0.1) is 17.5 Å². The molecule has 0 fully saturated rings. The molecule has 0 spiro atoms. The smallest absolute Gasteiger partial charge is 0.258 e. The van der Waals surface area contributed by atoms with Crippen LogP contribution in [0.2, 0.25) is 0 Å². The van der Waals surface area contributed by atoms with E-state index < -0.39 is 38.9 Å². The minimum atomic E-state index is -4.06. The summed E-state index contributed by atoms with van der Waals surface area (Å²) in [6, 6.07) is 8.40. The van der Waals surface area contributed by atoms with Crippen molar-refractivity contribution in [2.75, 3.05) is 5.32 Å². The Balaban J connectivity index is 1.81. The summed E-state index contributed by atoms with van der Waals surface area (Å²) >= 11 is 0. The minimum absolute atomic E-state index is 0.118. The van der Waals surface area contributed by atoms with Crippen LogP contribution < -0.4 is 10.0 Å². The molecule has 28 heavy (non-hydrogen) atoms. The van der Waals surface area contributed by atoms with Gasteiger partial charge in [-0.1, -0.05) is 0 Å². The van der Waals surface area contributed by atoms with Crippen LogP contribution in [0.1, 0.15) is 16.1 Å². The molecule has 0 radical (unpaired) electrons. The molecule has 0 bridgehead atoms. The fourth-order valence-corrected chi connectivity index (χ4v) is 3.30. The minimum Gasteiger partial charge on any atom is -0.468 e. The maximum atomic E-state index is 14.0. The molecular weight excluding hydrogens is 397 g/mol. The van der Waals surface area contributed by atoms with Crippen LogP contribution in [-0.2, 0) is 16.6 Å². The van der Waals surface area contributed by atoms with E-state index in [0.717, 1.165) is 36.4 Å². The highest BCUT2D eigenvalue weighted by Crippen LogP contribution is 2.19. The van der Waals surface area contributed by atoms with Gasteiger partial charge >= 0.3 is 0 Å². The molecule has 1 aromatic heterocycles. The summed E-state index contributed by atoms with van der Waals surface area (Å²) in [7, 11) is -4.06. The van der Waals surface area contributed by atoms with Crippen molar-refractivity contribution in [2.45, 2.75) is 11.4 Å². The van der Waals surface area contributed by atoms with E-state index in [-0.39, 0.29) is 17.1 Å². The molecular formula is C18H13F3N2O4S. The standard InChI is InChI=1S/C18H13F3N2O4S/c19-15-6-4-13(28(25,26)22-10-12-2-1-7-27-12)9-14(15)18(24)23-11-3-5-16(20)17(21)8-11/h1-9,22H,10H2,(H,23,24). The van der Waals surface area contributed by atoms with Gasteiger partial charge in [0.15, 0.2) is 11.6 Å². The van der Waals surface area contributed by atoms with Gasteiger partial charge in [0.05, 0.1) is 23.3 Å². The normalized spacial score (nSPS) is 11.4. The molecule has 0 unspecified atom stereocenters. The average Bonchev–Trinajstić information content (AvgIpc) is 3.17. The third-order valence-electron chi connectivity index (χ3n) is 3.69. The van der Waals surface area contributed by atoms with E-state index in [1.54, 1.807) is 12.1 Å². The molecule has 0 atom stereocenters. The van der Waals surface area contributed by atoms with Crippen LogP contribution in [0.25, 0.3) is 0 Å². The molecule has 2 aromatic carbocycles. The van der Waals surface area contributed by atoms with E-state index in [0.29, 0.717) is 5.76 Å². The Morgan fingerprint density at radius 3 is 2.39 bits per heavy atom. The number of benzene rings is 2. The third kappa shape index (κ3) is 4.41. The first kappa shape index (κ1) is 19.6. The highest BCUT2D eigenvalue weighted by molar-refractivity contribution is 7.89. The summed E-state index contributed by atoms with van der Waals surface area (Å²) in [5.41, 5.74) is -0.696. The molecule has 2 N–H and O–H groups in total. The zero-order valence-electron chi connectivity index (χ0n) is 14.1. The Morgan fingerprint density at radius 1 is 0.964 bits per heavy atom. The molecule has 0 aliphatic rings. The lowest BCUT2D eigenvalue weighted by Gasteiger charge is -2.10. The summed E-state index contributed by atoms with van der Waals surface area (Å²) in [6.07, 6.45) is 1.38. The van der Waals surface area contributed by atoms with Crippen molar-refractivity contribution in [3.63, 3.8) is 0 Å². The molecule has 0 aliphatic carbocycles. The molecule has 146 valence electrons. The van der Waals surface area contributed by atoms with Gasteiger partial charge in [-0.15, -0.1) is 0 Å². The molecule has 1 heterocycles. The van der Waals surface area contributed by atoms with E-state index in [9.17, 15) is 26.4 Å². The Morgan fingerprint density at radius 2 is 1.71 bits per heavy atom. The molecule has 1 amide bonds. The Kier molecular flexibility index (Phi) is 5.52. The Bertz CT molecular complexity index is 1120. The van der Waals surface area contributed by atoms with Crippen LogP contribution >= 0.6 is 0 Å². The number of hydrogen-bond donors (Lipinski definition) is 2. The number of hydrogen-bond acceptors (Lipinski definition) is 4. The Labute approximate surface area is 158 Å². The zero-order chi connectivity index (χ0) is 20.3. The van der Waals surface area contributed by atoms with Crippen molar-refractivity contribution >= 4 is 21.6 Å². The van der Waals surface area contributed by atoms with Gasteiger partial charge in [-0.05, 0) is 42.5 Å². The fourth-order valence-electron chi connectivity index (χ4n) is 2.28. The van der Waals surface area contributed by atoms with E-state index in [1.807, 2.05) is 0 Å². The van der Waals surface area contributed by atoms with Crippen molar-refractivity contribution in [2.24, 2.45) is 0 Å². The molecule has 6 nitrogen and oxygen atoms in total. The van der Waals surface area contributed by atoms with Gasteiger partial charge in [0.2, 0.25) is 10.0 Å². The Hall–Kier alpha value is -3.11. The lowest BCUT2D eigenvalue weighted by molar-refractivity contribution is 0.102. The van der Waals surface area contributed by atoms with Gasteiger partial charge in [-0.3, -0.25) is 4.79 Å². The maximum Gasteiger partial charge on any atom is 0.258 e. The quantitative estimate of drug-likeness (QED) is 0.652. The molecule has 0 saturated heterocycles. The van der Waals surface area contributed by atoms with Gasteiger partial charge in [0.1, 0.15) is 11.6 Å². The molecule has 10 heteroatoms. The monoisotopic (exact) mass is 410 g/mol. The molecule has 0 aliphatic heterocycles. The van der Waals surface area contributed by atoms with Gasteiger partial charge in [-0.2, -0.15) is 0 Å². The van der Waals surface area contributed by atoms with Crippen LogP contribution in [0.3, 0.4) is 0 Å². The second kappa shape index (κ2) is 7.87. The largest absolute Gasteiger partial charge is 0.468 e. The highest BCUT2D eigenvalue weighted by Gasteiger charge is 2.20. The number of nitrogens with one attached hydrogen (secondary N) is 2. The van der Waals surface area contributed by atoms with E-state index >= 15 is 0 Å². The van der Waals surface area contributed by atoms with Gasteiger partial charge in [0, 0.05) is 11.8 Å². The second-order valence-corrected chi connectivity index (χ2v) is 7.40. The van der Waals surface area contributed by atoms with Crippen LogP contribution in [0.15, 0.2) is 64.1 Å². The average molecular weight is 410 g/mol. The number of amides is 1. The maximum absolute atomic E-state index is 14.0. The number of carbonyl (C=O) groups is 1. The van der Waals surface area contributed by atoms with Gasteiger partial charge in [0.25, 0.3) is 5.91 Å². The number of sulfonamides is 1. The van der Waals surface area contributed by atoms with Crippen LogP contribution in [0.5, 0.6) is 0 Å². The lowest BCUT2D eigenvalue weighted by atomic mass is 10.2. The zero-order valence-corrected chi connectivity index (χ0v) is 14.9. The van der Waals surface area contributed by atoms with Crippen molar-refractivity contribution in [1.29, 1.82) is 0 Å². The predicted octanol–water partition coefficient (Wildman–Crippen LogP) is 3.43. The number of carbonyl (C=O) groups excluding carboxylic acids is 1. The highest BCUT2D eigenvalue weighted by atomic mass is 32.2. The molecule has 3 aromatic rings. The number of halogens is 3. The van der Waals surface area contributed by atoms with E-state index in [1.165, 1.54) is 6.26 Å². The number of anilines is 1. The number of rotatable bonds is 6. The van der Waals surface area contributed by atoms with Crippen molar-refractivity contribution in [3.8, 4) is 0 Å². The van der Waals surface area contributed by atoms with E-state index in [2.05, 4.69) is 10.0 Å². The van der Waals surface area contributed by atoms with Gasteiger partial charge < -0.3 is 9.73 Å². The van der Waals surface area contributed by atoms with Crippen molar-refractivity contribution in [3.05, 3.63) is 83.6 Å². The van der Waals surface area contributed by atoms with Crippen LogP contribution in [0.4, 0.5) is 18.9 Å². The summed E-state index contributed by atoms with van der Waals surface area (Å²) in [5, 5.41) is 2.18. The van der Waals surface area contributed by atoms with Crippen molar-refractivity contribution < 1.29 is 30.8 Å². The van der Waals surface area contributed by atoms with E-state index in [4.69, 9.17) is 4.42 Å². The summed E-state index contributed by atoms with van der Waals surface area (Å²) in [5.74, 6) is -3.95. The topological polar surface area (TPSA) is 88.4 Å². The lowest BCUT2D eigenvalue weighted by Crippen LogP contribution is -2.24. The van der Waals surface area contributed by atoms with Crippen molar-refractivity contribution in [1.82, 2.24) is 4.72 Å². The van der Waals surface area contributed by atoms with Gasteiger partial charge in [-0.25, -0.2) is 26.3 Å². The predicted molar refractivity (Wildman–Crippen MR) is 93.4 cm³/mol. The molecule has 0 saturated carbocycles. The van der Waals surface area contributed by atoms with Crippen LogP contribution in [-0.4, -0.2) is 14.3 Å². The molecule has 3 rings (SSSR count). The second-order valence-electron chi connectivity index (χ2n) is 5.63. The first-order valence-electron chi connectivity index (χ1n) is 7.84. The number of furan rings is 1. The summed E-state index contributed by atoms with van der Waals surface area (Å²) < 4.78 is 72.2.